The number of amides is 1. The minimum absolute atomic E-state index is 0.105. The van der Waals surface area contributed by atoms with Gasteiger partial charge in [0.25, 0.3) is 0 Å². The zero-order valence-corrected chi connectivity index (χ0v) is 9.34. The Morgan fingerprint density at radius 3 is 3.00 bits per heavy atom. The SMILES string of the molecule is C=CCOC(=O)Nc1cn(CC(=O)O)nc1C. The number of aryl methyl sites for hydroxylation is 1. The molecule has 1 amide bonds. The number of carboxylic acids is 1. The fourth-order valence-electron chi connectivity index (χ4n) is 1.14. The molecule has 0 aliphatic carbocycles. The largest absolute Gasteiger partial charge is 0.480 e. The lowest BCUT2D eigenvalue weighted by atomic mass is 10.4. The number of rotatable bonds is 5. The monoisotopic (exact) mass is 239 g/mol. The fourth-order valence-corrected chi connectivity index (χ4v) is 1.14. The molecule has 1 aromatic rings. The van der Waals surface area contributed by atoms with Gasteiger partial charge < -0.3 is 9.84 Å². The molecule has 0 aliphatic rings. The lowest BCUT2D eigenvalue weighted by Crippen LogP contribution is -2.13. The highest BCUT2D eigenvalue weighted by Crippen LogP contribution is 2.12. The highest BCUT2D eigenvalue weighted by Gasteiger charge is 2.10. The number of carbonyl (C=O) groups excluding carboxylic acids is 1. The predicted octanol–water partition coefficient (Wildman–Crippen LogP) is 1.01. The van der Waals surface area contributed by atoms with E-state index >= 15 is 0 Å². The van der Waals surface area contributed by atoms with Crippen molar-refractivity contribution in [1.29, 1.82) is 0 Å². The molecule has 0 atom stereocenters. The van der Waals surface area contributed by atoms with Gasteiger partial charge in [0.1, 0.15) is 13.2 Å². The molecule has 0 unspecified atom stereocenters. The Hall–Kier alpha value is -2.31. The van der Waals surface area contributed by atoms with Crippen LogP contribution < -0.4 is 5.32 Å². The molecule has 0 aliphatic heterocycles. The van der Waals surface area contributed by atoms with E-state index in [1.807, 2.05) is 0 Å². The molecular weight excluding hydrogens is 226 g/mol. The summed E-state index contributed by atoms with van der Waals surface area (Å²) in [4.78, 5) is 21.7. The maximum atomic E-state index is 11.2. The molecule has 1 rings (SSSR count). The lowest BCUT2D eigenvalue weighted by molar-refractivity contribution is -0.137. The van der Waals surface area contributed by atoms with Crippen molar-refractivity contribution >= 4 is 17.7 Å². The normalized spacial score (nSPS) is 9.71. The minimum atomic E-state index is -1.01. The van der Waals surface area contributed by atoms with Gasteiger partial charge in [0.05, 0.1) is 11.4 Å². The highest BCUT2D eigenvalue weighted by molar-refractivity contribution is 5.85. The van der Waals surface area contributed by atoms with Gasteiger partial charge >= 0.3 is 12.1 Å². The van der Waals surface area contributed by atoms with Crippen molar-refractivity contribution in [3.05, 3.63) is 24.5 Å². The van der Waals surface area contributed by atoms with Gasteiger partial charge in [0.15, 0.2) is 0 Å². The smallest absolute Gasteiger partial charge is 0.412 e. The summed E-state index contributed by atoms with van der Waals surface area (Å²) in [5.74, 6) is -1.01. The maximum Gasteiger partial charge on any atom is 0.412 e. The minimum Gasteiger partial charge on any atom is -0.480 e. The summed E-state index contributed by atoms with van der Waals surface area (Å²) < 4.78 is 5.94. The summed E-state index contributed by atoms with van der Waals surface area (Å²) in [5, 5.41) is 15.0. The van der Waals surface area contributed by atoms with Crippen LogP contribution in [0.5, 0.6) is 0 Å². The summed E-state index contributed by atoms with van der Waals surface area (Å²) in [5.41, 5.74) is 0.933. The molecule has 17 heavy (non-hydrogen) atoms. The topological polar surface area (TPSA) is 93.5 Å². The van der Waals surface area contributed by atoms with Crippen LogP contribution in [0.15, 0.2) is 18.9 Å². The molecule has 92 valence electrons. The molecule has 7 heteroatoms. The standard InChI is InChI=1S/C10H13N3O4/c1-3-4-17-10(16)11-8-5-13(6-9(14)15)12-7(8)2/h3,5H,1,4,6H2,2H3,(H,11,16)(H,14,15). The van der Waals surface area contributed by atoms with Gasteiger partial charge in [-0.2, -0.15) is 5.10 Å². The number of nitrogens with zero attached hydrogens (tertiary/aromatic N) is 2. The summed E-state index contributed by atoms with van der Waals surface area (Å²) in [7, 11) is 0. The van der Waals surface area contributed by atoms with Crippen LogP contribution in [0.4, 0.5) is 10.5 Å². The number of ether oxygens (including phenoxy) is 1. The van der Waals surface area contributed by atoms with Gasteiger partial charge in [-0.05, 0) is 6.92 Å². The molecule has 0 radical (unpaired) electrons. The molecule has 0 saturated carbocycles. The summed E-state index contributed by atoms with van der Waals surface area (Å²) >= 11 is 0. The van der Waals surface area contributed by atoms with Gasteiger partial charge in [0.2, 0.25) is 0 Å². The Balaban J connectivity index is 2.64. The number of carboxylic acid groups (broad SMARTS) is 1. The van der Waals surface area contributed by atoms with E-state index in [9.17, 15) is 9.59 Å². The van der Waals surface area contributed by atoms with E-state index in [-0.39, 0.29) is 13.2 Å². The second kappa shape index (κ2) is 5.69. The fraction of sp³-hybridized carbons (Fsp3) is 0.300. The Labute approximate surface area is 97.7 Å². The number of hydrogen-bond acceptors (Lipinski definition) is 4. The lowest BCUT2D eigenvalue weighted by Gasteiger charge is -2.02. The van der Waals surface area contributed by atoms with Crippen molar-refractivity contribution in [3.63, 3.8) is 0 Å². The Bertz CT molecular complexity index is 439. The van der Waals surface area contributed by atoms with E-state index in [0.717, 1.165) is 0 Å². The average molecular weight is 239 g/mol. The number of aliphatic carboxylic acids is 1. The van der Waals surface area contributed by atoms with Crippen molar-refractivity contribution in [1.82, 2.24) is 9.78 Å². The second-order valence-electron chi connectivity index (χ2n) is 3.23. The highest BCUT2D eigenvalue weighted by atomic mass is 16.5. The van der Waals surface area contributed by atoms with Crippen LogP contribution in [0.1, 0.15) is 5.69 Å². The van der Waals surface area contributed by atoms with Crippen molar-refractivity contribution in [2.45, 2.75) is 13.5 Å². The third-order valence-corrected chi connectivity index (χ3v) is 1.81. The molecule has 1 aromatic heterocycles. The van der Waals surface area contributed by atoms with E-state index in [2.05, 4.69) is 17.0 Å². The van der Waals surface area contributed by atoms with E-state index in [1.54, 1.807) is 6.92 Å². The Morgan fingerprint density at radius 1 is 1.71 bits per heavy atom. The van der Waals surface area contributed by atoms with Crippen molar-refractivity contribution in [3.8, 4) is 0 Å². The van der Waals surface area contributed by atoms with Crippen LogP contribution in [-0.4, -0.2) is 33.6 Å². The van der Waals surface area contributed by atoms with Crippen LogP contribution in [0.3, 0.4) is 0 Å². The van der Waals surface area contributed by atoms with Crippen LogP contribution >= 0.6 is 0 Å². The first-order chi connectivity index (χ1) is 8.02. The number of hydrogen-bond donors (Lipinski definition) is 2. The molecular formula is C10H13N3O4. The van der Waals surface area contributed by atoms with Crippen molar-refractivity contribution in [2.24, 2.45) is 0 Å². The quantitative estimate of drug-likeness (QED) is 0.748. The van der Waals surface area contributed by atoms with Gasteiger partial charge in [-0.1, -0.05) is 12.7 Å². The number of aromatic nitrogens is 2. The Kier molecular flexibility index (Phi) is 4.27. The molecule has 0 saturated heterocycles. The summed E-state index contributed by atoms with van der Waals surface area (Å²) in [6.45, 7) is 4.91. The molecule has 0 spiro atoms. The molecule has 7 nitrogen and oxygen atoms in total. The van der Waals surface area contributed by atoms with Crippen LogP contribution in [0.25, 0.3) is 0 Å². The first-order valence-corrected chi connectivity index (χ1v) is 4.83. The van der Waals surface area contributed by atoms with E-state index in [0.29, 0.717) is 11.4 Å². The summed E-state index contributed by atoms with van der Waals surface area (Å²) in [6.07, 6.45) is 2.24. The maximum absolute atomic E-state index is 11.2. The van der Waals surface area contributed by atoms with Crippen LogP contribution in [0, 0.1) is 6.92 Å². The van der Waals surface area contributed by atoms with Gasteiger partial charge in [-0.25, -0.2) is 4.79 Å². The first kappa shape index (κ1) is 12.8. The average Bonchev–Trinajstić information content (AvgIpc) is 2.55. The molecule has 1 heterocycles. The molecule has 0 fully saturated rings. The van der Waals surface area contributed by atoms with Crippen molar-refractivity contribution < 1.29 is 19.4 Å². The van der Waals surface area contributed by atoms with Gasteiger partial charge in [-0.15, -0.1) is 0 Å². The van der Waals surface area contributed by atoms with E-state index < -0.39 is 12.1 Å². The van der Waals surface area contributed by atoms with Gasteiger partial charge in [-0.3, -0.25) is 14.8 Å². The zero-order chi connectivity index (χ0) is 12.8. The van der Waals surface area contributed by atoms with E-state index in [4.69, 9.17) is 9.84 Å². The number of carbonyl (C=O) groups is 2. The molecule has 0 bridgehead atoms. The third kappa shape index (κ3) is 3.98. The molecule has 2 N–H and O–H groups in total. The van der Waals surface area contributed by atoms with Crippen LogP contribution in [0.2, 0.25) is 0 Å². The second-order valence-corrected chi connectivity index (χ2v) is 3.23. The molecule has 0 aromatic carbocycles. The number of anilines is 1. The number of nitrogens with one attached hydrogen (secondary N) is 1. The first-order valence-electron chi connectivity index (χ1n) is 4.83. The van der Waals surface area contributed by atoms with Crippen molar-refractivity contribution in [2.75, 3.05) is 11.9 Å². The van der Waals surface area contributed by atoms with Gasteiger partial charge in [0, 0.05) is 6.20 Å². The Morgan fingerprint density at radius 2 is 2.41 bits per heavy atom. The predicted molar refractivity (Wildman–Crippen MR) is 59.8 cm³/mol. The third-order valence-electron chi connectivity index (χ3n) is 1.81. The summed E-state index contributed by atoms with van der Waals surface area (Å²) in [6, 6.07) is 0. The van der Waals surface area contributed by atoms with E-state index in [1.165, 1.54) is 17.0 Å². The zero-order valence-electron chi connectivity index (χ0n) is 9.34. The van der Waals surface area contributed by atoms with Crippen LogP contribution in [-0.2, 0) is 16.1 Å².